The van der Waals surface area contributed by atoms with Gasteiger partial charge in [0.15, 0.2) is 5.82 Å². The predicted molar refractivity (Wildman–Crippen MR) is 70.1 cm³/mol. The Kier molecular flexibility index (Phi) is 3.44. The number of anilines is 1. The van der Waals surface area contributed by atoms with Gasteiger partial charge in [-0.05, 0) is 19.1 Å². The van der Waals surface area contributed by atoms with Crippen LogP contribution in [-0.2, 0) is 4.79 Å². The molecular weight excluding hydrogens is 226 g/mol. The maximum absolute atomic E-state index is 11.0. The van der Waals surface area contributed by atoms with Crippen molar-refractivity contribution in [1.82, 2.24) is 10.2 Å². The molecule has 0 fully saturated rings. The van der Waals surface area contributed by atoms with Crippen molar-refractivity contribution in [2.24, 2.45) is 0 Å². The van der Waals surface area contributed by atoms with Gasteiger partial charge in [0, 0.05) is 12.5 Å². The highest BCUT2D eigenvalue weighted by atomic mass is 16.1. The van der Waals surface area contributed by atoms with Gasteiger partial charge < -0.3 is 5.32 Å². The number of benzene rings is 1. The monoisotopic (exact) mass is 239 g/mol. The van der Waals surface area contributed by atoms with E-state index >= 15 is 0 Å². The molecule has 4 heteroatoms. The molecule has 0 radical (unpaired) electrons. The molecule has 1 aromatic heterocycles. The molecule has 4 nitrogen and oxygen atoms in total. The van der Waals surface area contributed by atoms with Crippen molar-refractivity contribution in [3.8, 4) is 11.8 Å². The van der Waals surface area contributed by atoms with E-state index in [4.69, 9.17) is 0 Å². The summed E-state index contributed by atoms with van der Waals surface area (Å²) in [6.45, 7) is 3.31. The number of aromatic amines is 1. The zero-order chi connectivity index (χ0) is 13.0. The minimum absolute atomic E-state index is 0.163. The molecule has 18 heavy (non-hydrogen) atoms. The summed E-state index contributed by atoms with van der Waals surface area (Å²) in [6.07, 6.45) is 0. The summed E-state index contributed by atoms with van der Waals surface area (Å²) in [5.41, 5.74) is 2.48. The van der Waals surface area contributed by atoms with Gasteiger partial charge in [-0.15, -0.1) is 0 Å². The van der Waals surface area contributed by atoms with E-state index in [0.29, 0.717) is 11.4 Å². The second-order valence-electron chi connectivity index (χ2n) is 3.87. The molecule has 0 spiro atoms. The molecule has 1 amide bonds. The fourth-order valence-electron chi connectivity index (χ4n) is 1.50. The molecular formula is C14H13N3O. The number of carbonyl (C=O) groups excluding carboxylic acids is 1. The van der Waals surface area contributed by atoms with Gasteiger partial charge in [0.25, 0.3) is 0 Å². The van der Waals surface area contributed by atoms with Gasteiger partial charge in [-0.3, -0.25) is 9.89 Å². The molecule has 0 saturated carbocycles. The molecule has 0 bridgehead atoms. The average molecular weight is 239 g/mol. The maximum atomic E-state index is 11.0. The maximum Gasteiger partial charge on any atom is 0.222 e. The predicted octanol–water partition coefficient (Wildman–Crippen LogP) is 2.08. The van der Waals surface area contributed by atoms with Crippen LogP contribution in [0.3, 0.4) is 0 Å². The van der Waals surface area contributed by atoms with E-state index in [1.54, 1.807) is 0 Å². The third-order valence-corrected chi connectivity index (χ3v) is 2.35. The van der Waals surface area contributed by atoms with Crippen LogP contribution < -0.4 is 5.32 Å². The second-order valence-corrected chi connectivity index (χ2v) is 3.87. The van der Waals surface area contributed by atoms with Crippen LogP contribution in [0.25, 0.3) is 0 Å². The SMILES string of the molecule is CC(=O)Nc1n[nH]c(C)c1C#Cc1ccccc1. The molecule has 0 aliphatic carbocycles. The lowest BCUT2D eigenvalue weighted by atomic mass is 10.2. The topological polar surface area (TPSA) is 57.8 Å². The summed E-state index contributed by atoms with van der Waals surface area (Å²) in [6, 6.07) is 9.67. The van der Waals surface area contributed by atoms with Crippen LogP contribution in [0.1, 0.15) is 23.7 Å². The highest BCUT2D eigenvalue weighted by molar-refractivity contribution is 5.89. The number of H-pyrrole nitrogens is 1. The highest BCUT2D eigenvalue weighted by Crippen LogP contribution is 2.14. The lowest BCUT2D eigenvalue weighted by molar-refractivity contribution is -0.114. The molecule has 0 unspecified atom stereocenters. The third kappa shape index (κ3) is 2.77. The minimum atomic E-state index is -0.163. The normalized spacial score (nSPS) is 9.44. The van der Waals surface area contributed by atoms with Crippen LogP contribution in [0.4, 0.5) is 5.82 Å². The average Bonchev–Trinajstić information content (AvgIpc) is 2.68. The molecule has 1 aromatic carbocycles. The van der Waals surface area contributed by atoms with Crippen molar-refractivity contribution in [2.75, 3.05) is 5.32 Å². The number of nitrogens with one attached hydrogen (secondary N) is 2. The Morgan fingerprint density at radius 2 is 2.00 bits per heavy atom. The Bertz CT molecular complexity index is 617. The van der Waals surface area contributed by atoms with Gasteiger partial charge in [0.05, 0.1) is 11.3 Å². The van der Waals surface area contributed by atoms with Gasteiger partial charge in [0.2, 0.25) is 5.91 Å². The smallest absolute Gasteiger partial charge is 0.222 e. The lowest BCUT2D eigenvalue weighted by Gasteiger charge is -1.96. The largest absolute Gasteiger partial charge is 0.308 e. The zero-order valence-corrected chi connectivity index (χ0v) is 10.2. The Morgan fingerprint density at radius 3 is 2.67 bits per heavy atom. The van der Waals surface area contributed by atoms with Crippen LogP contribution in [0.5, 0.6) is 0 Å². The van der Waals surface area contributed by atoms with E-state index in [0.717, 1.165) is 11.3 Å². The first-order valence-electron chi connectivity index (χ1n) is 5.56. The first kappa shape index (κ1) is 11.9. The van der Waals surface area contributed by atoms with Crippen molar-refractivity contribution >= 4 is 11.7 Å². The minimum Gasteiger partial charge on any atom is -0.308 e. The molecule has 2 N–H and O–H groups in total. The second kappa shape index (κ2) is 5.19. The molecule has 0 aliphatic heterocycles. The molecule has 0 aliphatic rings. The molecule has 2 rings (SSSR count). The Balaban J connectivity index is 2.32. The number of hydrogen-bond donors (Lipinski definition) is 2. The van der Waals surface area contributed by atoms with Gasteiger partial charge in [-0.25, -0.2) is 0 Å². The van der Waals surface area contributed by atoms with E-state index in [2.05, 4.69) is 27.4 Å². The van der Waals surface area contributed by atoms with Gasteiger partial charge in [-0.2, -0.15) is 5.10 Å². The van der Waals surface area contributed by atoms with Gasteiger partial charge >= 0.3 is 0 Å². The van der Waals surface area contributed by atoms with Crippen molar-refractivity contribution in [1.29, 1.82) is 0 Å². The summed E-state index contributed by atoms with van der Waals surface area (Å²) in [5.74, 6) is 6.38. The first-order chi connectivity index (χ1) is 8.66. The molecule has 0 saturated heterocycles. The summed E-state index contributed by atoms with van der Waals surface area (Å²) in [4.78, 5) is 11.0. The first-order valence-corrected chi connectivity index (χ1v) is 5.56. The summed E-state index contributed by atoms with van der Waals surface area (Å²) in [7, 11) is 0. The fourth-order valence-corrected chi connectivity index (χ4v) is 1.50. The molecule has 1 heterocycles. The number of aromatic nitrogens is 2. The standard InChI is InChI=1S/C14H13N3O/c1-10-13(14(17-16-10)15-11(2)18)9-8-12-6-4-3-5-7-12/h3-7H,1-2H3,(H2,15,16,17,18). The van der Waals surface area contributed by atoms with E-state index in [9.17, 15) is 4.79 Å². The molecule has 90 valence electrons. The van der Waals surface area contributed by atoms with Crippen LogP contribution in [0, 0.1) is 18.8 Å². The highest BCUT2D eigenvalue weighted by Gasteiger charge is 2.08. The number of carbonyl (C=O) groups is 1. The van der Waals surface area contributed by atoms with Gasteiger partial charge in [0.1, 0.15) is 0 Å². The van der Waals surface area contributed by atoms with Crippen molar-refractivity contribution < 1.29 is 4.79 Å². The molecule has 2 aromatic rings. The number of aryl methyl sites for hydroxylation is 1. The number of amides is 1. The van der Waals surface area contributed by atoms with E-state index in [-0.39, 0.29) is 5.91 Å². The number of rotatable bonds is 1. The number of nitrogens with zero attached hydrogens (tertiary/aromatic N) is 1. The van der Waals surface area contributed by atoms with Crippen LogP contribution in [0.15, 0.2) is 30.3 Å². The third-order valence-electron chi connectivity index (χ3n) is 2.35. The van der Waals surface area contributed by atoms with Crippen LogP contribution in [0.2, 0.25) is 0 Å². The summed E-state index contributed by atoms with van der Waals surface area (Å²) in [5, 5.41) is 9.47. The number of hydrogen-bond acceptors (Lipinski definition) is 2. The van der Waals surface area contributed by atoms with Crippen molar-refractivity contribution in [2.45, 2.75) is 13.8 Å². The Labute approximate surface area is 105 Å². The Morgan fingerprint density at radius 1 is 1.28 bits per heavy atom. The van der Waals surface area contributed by atoms with Crippen molar-refractivity contribution in [3.05, 3.63) is 47.2 Å². The Hall–Kier alpha value is -2.54. The summed E-state index contributed by atoms with van der Waals surface area (Å²) >= 11 is 0. The lowest BCUT2D eigenvalue weighted by Crippen LogP contribution is -2.07. The summed E-state index contributed by atoms with van der Waals surface area (Å²) < 4.78 is 0. The molecule has 0 atom stereocenters. The van der Waals surface area contributed by atoms with E-state index < -0.39 is 0 Å². The van der Waals surface area contributed by atoms with Crippen LogP contribution >= 0.6 is 0 Å². The quantitative estimate of drug-likeness (QED) is 0.748. The van der Waals surface area contributed by atoms with E-state index in [1.807, 2.05) is 37.3 Å². The zero-order valence-electron chi connectivity index (χ0n) is 10.2. The van der Waals surface area contributed by atoms with Gasteiger partial charge in [-0.1, -0.05) is 30.0 Å². The fraction of sp³-hybridized carbons (Fsp3) is 0.143. The van der Waals surface area contributed by atoms with Crippen molar-refractivity contribution in [3.63, 3.8) is 0 Å². The van der Waals surface area contributed by atoms with E-state index in [1.165, 1.54) is 6.92 Å². The van der Waals surface area contributed by atoms with Crippen LogP contribution in [-0.4, -0.2) is 16.1 Å².